The highest BCUT2D eigenvalue weighted by Gasteiger charge is 2.28. The van der Waals surface area contributed by atoms with Gasteiger partial charge in [0.15, 0.2) is 0 Å². The summed E-state index contributed by atoms with van der Waals surface area (Å²) < 4.78 is 0. The average molecular weight is 191 g/mol. The van der Waals surface area contributed by atoms with Crippen LogP contribution in [0.4, 0.5) is 0 Å². The van der Waals surface area contributed by atoms with Gasteiger partial charge in [0.1, 0.15) is 0 Å². The first-order chi connectivity index (χ1) is 6.01. The Bertz CT molecular complexity index is 127. The van der Waals surface area contributed by atoms with E-state index in [1.165, 1.54) is 0 Å². The Labute approximate surface area is 79.6 Å². The number of hydrogen-bond acceptors (Lipinski definition) is 4. The molecular formula is C9H21NO3. The summed E-state index contributed by atoms with van der Waals surface area (Å²) in [7, 11) is 0. The Hall–Kier alpha value is -0.160. The molecule has 0 aromatic rings. The van der Waals surface area contributed by atoms with Gasteiger partial charge in [0.25, 0.3) is 0 Å². The average Bonchev–Trinajstić information content (AvgIpc) is 2.14. The quantitative estimate of drug-likeness (QED) is 0.456. The SMILES string of the molecule is CCC(CO)(CO)NC(C)C(C)O. The van der Waals surface area contributed by atoms with E-state index in [9.17, 15) is 5.11 Å². The fraction of sp³-hybridized carbons (Fsp3) is 1.00. The molecule has 0 saturated heterocycles. The fourth-order valence-electron chi connectivity index (χ4n) is 1.07. The van der Waals surface area contributed by atoms with Crippen LogP contribution in [0.5, 0.6) is 0 Å². The largest absolute Gasteiger partial charge is 0.394 e. The molecule has 80 valence electrons. The molecule has 0 saturated carbocycles. The zero-order chi connectivity index (χ0) is 10.5. The van der Waals surface area contributed by atoms with Crippen LogP contribution in [0, 0.1) is 0 Å². The molecule has 4 heteroatoms. The minimum Gasteiger partial charge on any atom is -0.394 e. The van der Waals surface area contributed by atoms with Crippen molar-refractivity contribution in [2.75, 3.05) is 13.2 Å². The van der Waals surface area contributed by atoms with Gasteiger partial charge in [0.05, 0.1) is 24.9 Å². The summed E-state index contributed by atoms with van der Waals surface area (Å²) in [6, 6.07) is -0.140. The van der Waals surface area contributed by atoms with Crippen LogP contribution in [0.1, 0.15) is 27.2 Å². The Morgan fingerprint density at radius 1 is 1.23 bits per heavy atom. The lowest BCUT2D eigenvalue weighted by Gasteiger charge is -2.34. The van der Waals surface area contributed by atoms with Crippen LogP contribution < -0.4 is 5.32 Å². The molecule has 0 heterocycles. The Kier molecular flexibility index (Phi) is 5.48. The standard InChI is InChI=1S/C9H21NO3/c1-4-9(5-11,6-12)10-7(2)8(3)13/h7-8,10-13H,4-6H2,1-3H3. The van der Waals surface area contributed by atoms with Crippen LogP contribution in [0.3, 0.4) is 0 Å². The van der Waals surface area contributed by atoms with Crippen LogP contribution in [-0.2, 0) is 0 Å². The first-order valence-electron chi connectivity index (χ1n) is 4.69. The second kappa shape index (κ2) is 5.54. The molecule has 0 aliphatic carbocycles. The maximum Gasteiger partial charge on any atom is 0.0662 e. The smallest absolute Gasteiger partial charge is 0.0662 e. The number of nitrogens with one attached hydrogen (secondary N) is 1. The van der Waals surface area contributed by atoms with E-state index in [0.29, 0.717) is 6.42 Å². The van der Waals surface area contributed by atoms with Crippen LogP contribution >= 0.6 is 0 Å². The van der Waals surface area contributed by atoms with Crippen LogP contribution in [0.2, 0.25) is 0 Å². The van der Waals surface area contributed by atoms with E-state index in [0.717, 1.165) is 0 Å². The molecule has 0 aromatic heterocycles. The summed E-state index contributed by atoms with van der Waals surface area (Å²) in [6.07, 6.45) is 0.126. The topological polar surface area (TPSA) is 72.7 Å². The lowest BCUT2D eigenvalue weighted by molar-refractivity contribution is 0.0544. The number of hydrogen-bond donors (Lipinski definition) is 4. The minimum absolute atomic E-state index is 0.128. The van der Waals surface area contributed by atoms with Crippen molar-refractivity contribution in [2.45, 2.75) is 44.9 Å². The van der Waals surface area contributed by atoms with E-state index >= 15 is 0 Å². The summed E-state index contributed by atoms with van der Waals surface area (Å²) in [4.78, 5) is 0. The van der Waals surface area contributed by atoms with Crippen molar-refractivity contribution in [2.24, 2.45) is 0 Å². The molecule has 4 nitrogen and oxygen atoms in total. The Morgan fingerprint density at radius 2 is 1.69 bits per heavy atom. The van der Waals surface area contributed by atoms with Gasteiger partial charge in [-0.2, -0.15) is 0 Å². The van der Waals surface area contributed by atoms with E-state index in [4.69, 9.17) is 10.2 Å². The molecule has 0 spiro atoms. The van der Waals surface area contributed by atoms with E-state index in [-0.39, 0.29) is 19.3 Å². The van der Waals surface area contributed by atoms with Gasteiger partial charge in [-0.15, -0.1) is 0 Å². The van der Waals surface area contributed by atoms with Gasteiger partial charge in [-0.25, -0.2) is 0 Å². The molecular weight excluding hydrogens is 170 g/mol. The van der Waals surface area contributed by atoms with Crippen molar-refractivity contribution in [3.8, 4) is 0 Å². The lowest BCUT2D eigenvalue weighted by Crippen LogP contribution is -2.57. The molecule has 4 N–H and O–H groups in total. The van der Waals surface area contributed by atoms with Gasteiger partial charge in [-0.1, -0.05) is 6.92 Å². The van der Waals surface area contributed by atoms with E-state index in [1.54, 1.807) is 6.92 Å². The first-order valence-corrected chi connectivity index (χ1v) is 4.69. The van der Waals surface area contributed by atoms with Gasteiger partial charge in [0, 0.05) is 6.04 Å². The van der Waals surface area contributed by atoms with E-state index in [1.807, 2.05) is 13.8 Å². The van der Waals surface area contributed by atoms with Crippen molar-refractivity contribution in [3.63, 3.8) is 0 Å². The van der Waals surface area contributed by atoms with Crippen LogP contribution in [0.25, 0.3) is 0 Å². The first kappa shape index (κ1) is 12.8. The van der Waals surface area contributed by atoms with Crippen molar-refractivity contribution in [1.82, 2.24) is 5.32 Å². The second-order valence-corrected chi connectivity index (χ2v) is 3.62. The predicted octanol–water partition coefficient (Wildman–Crippen LogP) is -0.521. The van der Waals surface area contributed by atoms with Crippen molar-refractivity contribution in [1.29, 1.82) is 0 Å². The number of aliphatic hydroxyl groups is 3. The van der Waals surface area contributed by atoms with Crippen molar-refractivity contribution >= 4 is 0 Å². The van der Waals surface area contributed by atoms with Crippen LogP contribution in [-0.4, -0.2) is 46.2 Å². The van der Waals surface area contributed by atoms with Gasteiger partial charge in [0.2, 0.25) is 0 Å². The Balaban J connectivity index is 4.24. The third-order valence-electron chi connectivity index (χ3n) is 2.54. The number of aliphatic hydroxyl groups excluding tert-OH is 3. The summed E-state index contributed by atoms with van der Waals surface area (Å²) in [5.41, 5.74) is -0.670. The van der Waals surface area contributed by atoms with Gasteiger partial charge >= 0.3 is 0 Å². The van der Waals surface area contributed by atoms with E-state index < -0.39 is 11.6 Å². The molecule has 13 heavy (non-hydrogen) atoms. The molecule has 0 amide bonds. The van der Waals surface area contributed by atoms with Crippen molar-refractivity contribution in [3.05, 3.63) is 0 Å². The highest BCUT2D eigenvalue weighted by molar-refractivity contribution is 4.88. The second-order valence-electron chi connectivity index (χ2n) is 3.62. The van der Waals surface area contributed by atoms with Crippen molar-refractivity contribution < 1.29 is 15.3 Å². The van der Waals surface area contributed by atoms with Crippen LogP contribution in [0.15, 0.2) is 0 Å². The molecule has 2 atom stereocenters. The Morgan fingerprint density at radius 3 is 1.92 bits per heavy atom. The molecule has 0 radical (unpaired) electrons. The lowest BCUT2D eigenvalue weighted by atomic mass is 9.96. The van der Waals surface area contributed by atoms with Gasteiger partial charge in [-0.05, 0) is 20.3 Å². The number of rotatable bonds is 6. The fourth-order valence-corrected chi connectivity index (χ4v) is 1.07. The molecule has 0 bridgehead atoms. The third kappa shape index (κ3) is 3.60. The maximum absolute atomic E-state index is 9.25. The summed E-state index contributed by atoms with van der Waals surface area (Å²) in [6.45, 7) is 5.12. The van der Waals surface area contributed by atoms with E-state index in [2.05, 4.69) is 5.32 Å². The van der Waals surface area contributed by atoms with Gasteiger partial charge in [-0.3, -0.25) is 0 Å². The molecule has 0 aliphatic rings. The highest BCUT2D eigenvalue weighted by Crippen LogP contribution is 2.10. The summed E-state index contributed by atoms with van der Waals surface area (Å²) in [5, 5.41) is 30.5. The molecule has 0 aliphatic heterocycles. The summed E-state index contributed by atoms with van der Waals surface area (Å²) in [5.74, 6) is 0. The third-order valence-corrected chi connectivity index (χ3v) is 2.54. The predicted molar refractivity (Wildman–Crippen MR) is 51.5 cm³/mol. The zero-order valence-corrected chi connectivity index (χ0v) is 8.62. The molecule has 0 aromatic carbocycles. The minimum atomic E-state index is -0.670. The van der Waals surface area contributed by atoms with Gasteiger partial charge < -0.3 is 20.6 Å². The molecule has 0 rings (SSSR count). The molecule has 2 unspecified atom stereocenters. The summed E-state index contributed by atoms with van der Waals surface area (Å²) >= 11 is 0. The zero-order valence-electron chi connectivity index (χ0n) is 8.62. The molecule has 0 fully saturated rings. The normalized spacial score (nSPS) is 17.1. The highest BCUT2D eigenvalue weighted by atomic mass is 16.3. The monoisotopic (exact) mass is 191 g/mol. The maximum atomic E-state index is 9.25.